The minimum atomic E-state index is -0.303. The Morgan fingerprint density at radius 2 is 2.19 bits per heavy atom. The molecule has 1 atom stereocenters. The maximum absolute atomic E-state index is 12.0. The third-order valence-corrected chi connectivity index (χ3v) is 3.84. The quantitative estimate of drug-likeness (QED) is 0.700. The number of hydrogen-bond donors (Lipinski definition) is 3. The van der Waals surface area contributed by atoms with Gasteiger partial charge in [-0.25, -0.2) is 0 Å². The number of likely N-dealkylation sites (tertiary alicyclic amines) is 1. The average Bonchev–Trinajstić information content (AvgIpc) is 2.88. The molecule has 0 saturated carbocycles. The van der Waals surface area contributed by atoms with Crippen LogP contribution in [0.25, 0.3) is 0 Å². The van der Waals surface area contributed by atoms with Crippen molar-refractivity contribution in [1.29, 1.82) is 0 Å². The molecule has 0 radical (unpaired) electrons. The van der Waals surface area contributed by atoms with E-state index in [1.165, 1.54) is 0 Å². The number of carbonyl (C=O) groups excluding carboxylic acids is 2. The SMILES string of the molecule is Cc1cc(N)ccc1NC(=O)CCN1CCCC1C(N)=O. The van der Waals surface area contributed by atoms with Crippen molar-refractivity contribution in [3.63, 3.8) is 0 Å². The van der Waals surface area contributed by atoms with Crippen LogP contribution >= 0.6 is 0 Å². The number of primary amides is 1. The number of aryl methyl sites for hydroxylation is 1. The molecule has 1 aromatic rings. The van der Waals surface area contributed by atoms with Crippen LogP contribution in [-0.4, -0.2) is 35.8 Å². The lowest BCUT2D eigenvalue weighted by Gasteiger charge is -2.21. The van der Waals surface area contributed by atoms with Gasteiger partial charge in [-0.1, -0.05) is 0 Å². The Morgan fingerprint density at radius 3 is 2.86 bits per heavy atom. The fraction of sp³-hybridized carbons (Fsp3) is 0.467. The molecule has 1 aliphatic rings. The van der Waals surface area contributed by atoms with Gasteiger partial charge in [-0.3, -0.25) is 14.5 Å². The van der Waals surface area contributed by atoms with E-state index in [2.05, 4.69) is 5.32 Å². The van der Waals surface area contributed by atoms with Gasteiger partial charge < -0.3 is 16.8 Å². The molecule has 2 rings (SSSR count). The van der Waals surface area contributed by atoms with E-state index in [0.29, 0.717) is 18.7 Å². The molecule has 0 bridgehead atoms. The van der Waals surface area contributed by atoms with Gasteiger partial charge in [-0.15, -0.1) is 0 Å². The van der Waals surface area contributed by atoms with Gasteiger partial charge in [0.1, 0.15) is 0 Å². The van der Waals surface area contributed by atoms with E-state index < -0.39 is 0 Å². The molecule has 114 valence electrons. The largest absolute Gasteiger partial charge is 0.399 e. The van der Waals surface area contributed by atoms with Crippen LogP contribution in [0.5, 0.6) is 0 Å². The van der Waals surface area contributed by atoms with Crippen LogP contribution in [-0.2, 0) is 9.59 Å². The van der Waals surface area contributed by atoms with Gasteiger partial charge in [0.2, 0.25) is 11.8 Å². The molecule has 1 fully saturated rings. The maximum Gasteiger partial charge on any atom is 0.234 e. The summed E-state index contributed by atoms with van der Waals surface area (Å²) in [5.41, 5.74) is 13.4. The molecule has 1 saturated heterocycles. The lowest BCUT2D eigenvalue weighted by molar-refractivity contribution is -0.123. The minimum Gasteiger partial charge on any atom is -0.399 e. The van der Waals surface area contributed by atoms with Crippen LogP contribution in [0.2, 0.25) is 0 Å². The van der Waals surface area contributed by atoms with E-state index in [1.807, 2.05) is 17.9 Å². The molecule has 1 aromatic carbocycles. The standard InChI is InChI=1S/C15H22N4O2/c1-10-9-11(16)4-5-12(10)18-14(20)6-8-19-7-2-3-13(19)15(17)21/h4-5,9,13H,2-3,6-8,16H2,1H3,(H2,17,21)(H,18,20). The predicted octanol–water partition coefficient (Wildman–Crippen LogP) is 0.856. The molecule has 21 heavy (non-hydrogen) atoms. The van der Waals surface area contributed by atoms with E-state index in [0.717, 1.165) is 30.6 Å². The Labute approximate surface area is 124 Å². The van der Waals surface area contributed by atoms with Crippen LogP contribution in [0.15, 0.2) is 18.2 Å². The lowest BCUT2D eigenvalue weighted by atomic mass is 10.1. The van der Waals surface area contributed by atoms with Gasteiger partial charge in [0, 0.05) is 24.3 Å². The van der Waals surface area contributed by atoms with Gasteiger partial charge in [-0.05, 0) is 50.1 Å². The Morgan fingerprint density at radius 1 is 1.43 bits per heavy atom. The van der Waals surface area contributed by atoms with Crippen LogP contribution in [0.1, 0.15) is 24.8 Å². The molecule has 1 heterocycles. The van der Waals surface area contributed by atoms with Gasteiger partial charge >= 0.3 is 0 Å². The van der Waals surface area contributed by atoms with Crippen molar-refractivity contribution in [3.8, 4) is 0 Å². The van der Waals surface area contributed by atoms with Crippen molar-refractivity contribution in [2.45, 2.75) is 32.2 Å². The summed E-state index contributed by atoms with van der Waals surface area (Å²) in [5, 5.41) is 2.87. The first-order valence-electron chi connectivity index (χ1n) is 7.16. The van der Waals surface area contributed by atoms with Crippen molar-refractivity contribution < 1.29 is 9.59 Å². The molecule has 6 nitrogen and oxygen atoms in total. The predicted molar refractivity (Wildman–Crippen MR) is 82.6 cm³/mol. The Hall–Kier alpha value is -2.08. The molecule has 1 aliphatic heterocycles. The molecule has 0 aromatic heterocycles. The van der Waals surface area contributed by atoms with Crippen molar-refractivity contribution in [2.75, 3.05) is 24.1 Å². The number of carbonyl (C=O) groups is 2. The van der Waals surface area contributed by atoms with Crippen LogP contribution in [0.4, 0.5) is 11.4 Å². The normalized spacial score (nSPS) is 18.6. The zero-order valence-electron chi connectivity index (χ0n) is 12.3. The van der Waals surface area contributed by atoms with Crippen LogP contribution in [0, 0.1) is 6.92 Å². The highest BCUT2D eigenvalue weighted by Crippen LogP contribution is 2.19. The number of nitrogens with one attached hydrogen (secondary N) is 1. The van der Waals surface area contributed by atoms with E-state index in [9.17, 15) is 9.59 Å². The zero-order valence-corrected chi connectivity index (χ0v) is 12.3. The molecule has 2 amide bonds. The third kappa shape index (κ3) is 3.95. The number of nitrogens with two attached hydrogens (primary N) is 2. The number of rotatable bonds is 5. The van der Waals surface area contributed by atoms with Crippen LogP contribution in [0.3, 0.4) is 0 Å². The molecule has 0 aliphatic carbocycles. The van der Waals surface area contributed by atoms with E-state index in [1.54, 1.807) is 12.1 Å². The van der Waals surface area contributed by atoms with E-state index >= 15 is 0 Å². The highest BCUT2D eigenvalue weighted by molar-refractivity contribution is 5.91. The van der Waals surface area contributed by atoms with Crippen molar-refractivity contribution in [2.24, 2.45) is 5.73 Å². The molecular formula is C15H22N4O2. The number of hydrogen-bond acceptors (Lipinski definition) is 4. The van der Waals surface area contributed by atoms with E-state index in [4.69, 9.17) is 11.5 Å². The molecule has 1 unspecified atom stereocenters. The maximum atomic E-state index is 12.0. The Bertz CT molecular complexity index is 544. The smallest absolute Gasteiger partial charge is 0.234 e. The highest BCUT2D eigenvalue weighted by atomic mass is 16.2. The lowest BCUT2D eigenvalue weighted by Crippen LogP contribution is -2.41. The number of nitrogen functional groups attached to an aromatic ring is 1. The second kappa shape index (κ2) is 6.58. The summed E-state index contributed by atoms with van der Waals surface area (Å²) in [6.45, 7) is 3.27. The number of amides is 2. The van der Waals surface area contributed by atoms with Crippen molar-refractivity contribution in [1.82, 2.24) is 4.90 Å². The number of nitrogens with zero attached hydrogens (tertiary/aromatic N) is 1. The Kier molecular flexibility index (Phi) is 4.80. The summed E-state index contributed by atoms with van der Waals surface area (Å²) in [4.78, 5) is 25.3. The summed E-state index contributed by atoms with van der Waals surface area (Å²) < 4.78 is 0. The van der Waals surface area contributed by atoms with Crippen molar-refractivity contribution in [3.05, 3.63) is 23.8 Å². The van der Waals surface area contributed by atoms with Gasteiger partial charge in [0.05, 0.1) is 6.04 Å². The number of anilines is 2. The third-order valence-electron chi connectivity index (χ3n) is 3.84. The second-order valence-corrected chi connectivity index (χ2v) is 5.47. The highest BCUT2D eigenvalue weighted by Gasteiger charge is 2.28. The minimum absolute atomic E-state index is 0.0713. The topological polar surface area (TPSA) is 101 Å². The first kappa shape index (κ1) is 15.3. The summed E-state index contributed by atoms with van der Waals surface area (Å²) in [6, 6.07) is 5.15. The Balaban J connectivity index is 1.86. The summed E-state index contributed by atoms with van der Waals surface area (Å²) in [5.74, 6) is -0.375. The first-order chi connectivity index (χ1) is 9.97. The van der Waals surface area contributed by atoms with Gasteiger partial charge in [0.15, 0.2) is 0 Å². The fourth-order valence-corrected chi connectivity index (χ4v) is 2.70. The monoisotopic (exact) mass is 290 g/mol. The zero-order chi connectivity index (χ0) is 15.4. The molecule has 5 N–H and O–H groups in total. The van der Waals surface area contributed by atoms with Crippen molar-refractivity contribution >= 4 is 23.2 Å². The summed E-state index contributed by atoms with van der Waals surface area (Å²) in [7, 11) is 0. The molecular weight excluding hydrogens is 268 g/mol. The second-order valence-electron chi connectivity index (χ2n) is 5.47. The van der Waals surface area contributed by atoms with Gasteiger partial charge in [0.25, 0.3) is 0 Å². The van der Waals surface area contributed by atoms with E-state index in [-0.39, 0.29) is 17.9 Å². The fourth-order valence-electron chi connectivity index (χ4n) is 2.70. The number of benzene rings is 1. The van der Waals surface area contributed by atoms with Gasteiger partial charge in [-0.2, -0.15) is 0 Å². The summed E-state index contributed by atoms with van der Waals surface area (Å²) in [6.07, 6.45) is 2.08. The first-order valence-corrected chi connectivity index (χ1v) is 7.16. The molecule has 6 heteroatoms. The van der Waals surface area contributed by atoms with Crippen LogP contribution < -0.4 is 16.8 Å². The molecule has 0 spiro atoms. The average molecular weight is 290 g/mol. The summed E-state index contributed by atoms with van der Waals surface area (Å²) >= 11 is 0.